The average molecular weight is 203 g/mol. The molecule has 2 heteroatoms. The zero-order chi connectivity index (χ0) is 11.1. The third-order valence-electron chi connectivity index (χ3n) is 2.14. The van der Waals surface area contributed by atoms with Crippen LogP contribution in [-0.2, 0) is 4.84 Å². The van der Waals surface area contributed by atoms with Crippen molar-refractivity contribution in [3.8, 4) is 0 Å². The van der Waals surface area contributed by atoms with E-state index in [9.17, 15) is 0 Å². The van der Waals surface area contributed by atoms with Gasteiger partial charge in [0.25, 0.3) is 0 Å². The molecule has 0 fully saturated rings. The third-order valence-corrected chi connectivity index (χ3v) is 2.14. The fourth-order valence-corrected chi connectivity index (χ4v) is 1.42. The molecule has 1 aromatic carbocycles. The van der Waals surface area contributed by atoms with E-state index in [0.29, 0.717) is 0 Å². The van der Waals surface area contributed by atoms with E-state index in [1.54, 1.807) is 7.11 Å². The molecule has 0 saturated carbocycles. The molecule has 0 bridgehead atoms. The predicted octanol–water partition coefficient (Wildman–Crippen LogP) is 3.31. The quantitative estimate of drug-likeness (QED) is 0.408. The highest BCUT2D eigenvalue weighted by Gasteiger charge is 2.03. The fraction of sp³-hybridized carbons (Fsp3) is 0.308. The highest BCUT2D eigenvalue weighted by molar-refractivity contribution is 6.00. The third kappa shape index (κ3) is 3.58. The Kier molecular flexibility index (Phi) is 4.61. The molecular weight excluding hydrogens is 186 g/mol. The second kappa shape index (κ2) is 6.02. The van der Waals surface area contributed by atoms with Crippen molar-refractivity contribution in [2.24, 2.45) is 5.16 Å². The molecule has 0 aliphatic carbocycles. The van der Waals surface area contributed by atoms with Gasteiger partial charge in [-0.3, -0.25) is 0 Å². The van der Waals surface area contributed by atoms with Gasteiger partial charge in [0.1, 0.15) is 7.11 Å². The van der Waals surface area contributed by atoms with Crippen LogP contribution in [0, 0.1) is 6.92 Å². The van der Waals surface area contributed by atoms with E-state index in [2.05, 4.69) is 30.8 Å². The minimum absolute atomic E-state index is 0.862. The molecule has 1 rings (SSSR count). The van der Waals surface area contributed by atoms with Crippen molar-refractivity contribution in [2.45, 2.75) is 19.8 Å². The Morgan fingerprint density at radius 2 is 2.33 bits per heavy atom. The molecule has 0 aromatic heterocycles. The van der Waals surface area contributed by atoms with Crippen molar-refractivity contribution < 1.29 is 4.84 Å². The van der Waals surface area contributed by atoms with E-state index in [1.165, 1.54) is 5.56 Å². The van der Waals surface area contributed by atoms with Crippen molar-refractivity contribution >= 4 is 5.71 Å². The summed E-state index contributed by atoms with van der Waals surface area (Å²) >= 11 is 0. The Hall–Kier alpha value is -1.57. The molecule has 0 aliphatic heterocycles. The van der Waals surface area contributed by atoms with Crippen molar-refractivity contribution in [1.29, 1.82) is 0 Å². The molecule has 0 heterocycles. The van der Waals surface area contributed by atoms with Gasteiger partial charge in [0.15, 0.2) is 0 Å². The Balaban J connectivity index is 2.88. The van der Waals surface area contributed by atoms with Crippen LogP contribution in [0.3, 0.4) is 0 Å². The Morgan fingerprint density at radius 3 is 2.93 bits per heavy atom. The van der Waals surface area contributed by atoms with Gasteiger partial charge < -0.3 is 4.84 Å². The molecular formula is C13H17NO. The molecule has 0 N–H and O–H groups in total. The van der Waals surface area contributed by atoms with Crippen LogP contribution in [0.1, 0.15) is 24.0 Å². The number of rotatable bonds is 5. The first-order chi connectivity index (χ1) is 7.27. The summed E-state index contributed by atoms with van der Waals surface area (Å²) < 4.78 is 0. The van der Waals surface area contributed by atoms with E-state index in [0.717, 1.165) is 24.1 Å². The summed E-state index contributed by atoms with van der Waals surface area (Å²) in [5, 5.41) is 4.04. The van der Waals surface area contributed by atoms with Gasteiger partial charge in [-0.15, -0.1) is 6.58 Å². The molecule has 0 aliphatic rings. The minimum atomic E-state index is 0.862. The lowest BCUT2D eigenvalue weighted by Gasteiger charge is -2.05. The van der Waals surface area contributed by atoms with Crippen molar-refractivity contribution in [2.75, 3.05) is 7.11 Å². The van der Waals surface area contributed by atoms with Gasteiger partial charge in [-0.25, -0.2) is 0 Å². The first-order valence-corrected chi connectivity index (χ1v) is 5.06. The summed E-state index contributed by atoms with van der Waals surface area (Å²) in [7, 11) is 1.57. The first-order valence-electron chi connectivity index (χ1n) is 5.06. The molecule has 1 aromatic rings. The number of nitrogens with zero attached hydrogens (tertiary/aromatic N) is 1. The second-order valence-corrected chi connectivity index (χ2v) is 3.42. The normalized spacial score (nSPS) is 11.2. The highest BCUT2D eigenvalue weighted by Crippen LogP contribution is 2.10. The summed E-state index contributed by atoms with van der Waals surface area (Å²) in [5.74, 6) is 0. The van der Waals surface area contributed by atoms with Crippen LogP contribution in [0.15, 0.2) is 42.1 Å². The lowest BCUT2D eigenvalue weighted by Crippen LogP contribution is -2.01. The standard InChI is InChI=1S/C13H17NO/c1-4-5-9-13(14-15-3)12-8-6-7-11(2)10-12/h4,6-8,10H,1,5,9H2,2-3H3. The van der Waals surface area contributed by atoms with Crippen LogP contribution < -0.4 is 0 Å². The van der Waals surface area contributed by atoms with Crippen molar-refractivity contribution in [3.05, 3.63) is 48.0 Å². The van der Waals surface area contributed by atoms with Crippen LogP contribution in [0.5, 0.6) is 0 Å². The first kappa shape index (κ1) is 11.5. The molecule has 0 saturated heterocycles. The van der Waals surface area contributed by atoms with Gasteiger partial charge in [-0.05, 0) is 25.3 Å². The number of aryl methyl sites for hydroxylation is 1. The number of hydrogen-bond donors (Lipinski definition) is 0. The van der Waals surface area contributed by atoms with Crippen LogP contribution in [0.2, 0.25) is 0 Å². The number of allylic oxidation sites excluding steroid dienone is 1. The van der Waals surface area contributed by atoms with Gasteiger partial charge >= 0.3 is 0 Å². The minimum Gasteiger partial charge on any atom is -0.399 e. The summed E-state index contributed by atoms with van der Waals surface area (Å²) in [6.45, 7) is 5.78. The zero-order valence-corrected chi connectivity index (χ0v) is 9.36. The van der Waals surface area contributed by atoms with Crippen LogP contribution in [0.4, 0.5) is 0 Å². The van der Waals surface area contributed by atoms with Gasteiger partial charge in [0.05, 0.1) is 5.71 Å². The smallest absolute Gasteiger partial charge is 0.106 e. The molecule has 0 atom stereocenters. The SMILES string of the molecule is C=CCCC(=NOC)c1cccc(C)c1. The molecule has 2 nitrogen and oxygen atoms in total. The van der Waals surface area contributed by atoms with E-state index in [4.69, 9.17) is 4.84 Å². The maximum absolute atomic E-state index is 4.85. The fourth-order valence-electron chi connectivity index (χ4n) is 1.42. The molecule has 0 unspecified atom stereocenters. The monoisotopic (exact) mass is 203 g/mol. The topological polar surface area (TPSA) is 21.6 Å². The lowest BCUT2D eigenvalue weighted by atomic mass is 10.0. The van der Waals surface area contributed by atoms with E-state index < -0.39 is 0 Å². The van der Waals surface area contributed by atoms with Gasteiger partial charge in [-0.1, -0.05) is 41.1 Å². The largest absolute Gasteiger partial charge is 0.399 e. The summed E-state index contributed by atoms with van der Waals surface area (Å²) in [6, 6.07) is 8.26. The lowest BCUT2D eigenvalue weighted by molar-refractivity contribution is 0.213. The second-order valence-electron chi connectivity index (χ2n) is 3.42. The molecule has 0 amide bonds. The maximum Gasteiger partial charge on any atom is 0.106 e. The van der Waals surface area contributed by atoms with E-state index >= 15 is 0 Å². The number of hydrogen-bond acceptors (Lipinski definition) is 2. The van der Waals surface area contributed by atoms with Gasteiger partial charge in [-0.2, -0.15) is 0 Å². The highest BCUT2D eigenvalue weighted by atomic mass is 16.6. The Bertz CT molecular complexity index is 355. The molecule has 15 heavy (non-hydrogen) atoms. The van der Waals surface area contributed by atoms with Crippen LogP contribution in [-0.4, -0.2) is 12.8 Å². The van der Waals surface area contributed by atoms with Gasteiger partial charge in [0, 0.05) is 0 Å². The number of benzene rings is 1. The maximum atomic E-state index is 4.85. The summed E-state index contributed by atoms with van der Waals surface area (Å²) in [6.07, 6.45) is 3.66. The van der Waals surface area contributed by atoms with Crippen molar-refractivity contribution in [1.82, 2.24) is 0 Å². The van der Waals surface area contributed by atoms with Crippen LogP contribution in [0.25, 0.3) is 0 Å². The molecule has 0 radical (unpaired) electrons. The number of oxime groups is 1. The van der Waals surface area contributed by atoms with Crippen molar-refractivity contribution in [3.63, 3.8) is 0 Å². The zero-order valence-electron chi connectivity index (χ0n) is 9.36. The Morgan fingerprint density at radius 1 is 1.53 bits per heavy atom. The predicted molar refractivity (Wildman–Crippen MR) is 64.2 cm³/mol. The van der Waals surface area contributed by atoms with E-state index in [1.807, 2.05) is 18.2 Å². The van der Waals surface area contributed by atoms with Gasteiger partial charge in [0.2, 0.25) is 0 Å². The Labute approximate surface area is 91.3 Å². The average Bonchev–Trinajstić information content (AvgIpc) is 2.24. The van der Waals surface area contributed by atoms with E-state index in [-0.39, 0.29) is 0 Å². The summed E-state index contributed by atoms with van der Waals surface area (Å²) in [4.78, 5) is 4.85. The molecule has 0 spiro atoms. The van der Waals surface area contributed by atoms with Crippen LogP contribution >= 0.6 is 0 Å². The summed E-state index contributed by atoms with van der Waals surface area (Å²) in [5.41, 5.74) is 3.33. The molecule has 80 valence electrons.